The summed E-state index contributed by atoms with van der Waals surface area (Å²) in [5.41, 5.74) is 2.86. The lowest BCUT2D eigenvalue weighted by Gasteiger charge is -2.29. The molecule has 1 aliphatic heterocycles. The van der Waals surface area contributed by atoms with E-state index in [0.717, 1.165) is 48.7 Å². The second kappa shape index (κ2) is 10.8. The molecule has 0 bridgehead atoms. The Morgan fingerprint density at radius 2 is 1.97 bits per heavy atom. The zero-order valence-corrected chi connectivity index (χ0v) is 20.4. The summed E-state index contributed by atoms with van der Waals surface area (Å²) in [7, 11) is 0. The highest BCUT2D eigenvalue weighted by Crippen LogP contribution is 2.28. The van der Waals surface area contributed by atoms with Gasteiger partial charge in [0.05, 0.1) is 17.1 Å². The zero-order valence-electron chi connectivity index (χ0n) is 18.8. The second-order valence-electron chi connectivity index (χ2n) is 8.50. The van der Waals surface area contributed by atoms with Crippen molar-refractivity contribution in [3.63, 3.8) is 0 Å². The summed E-state index contributed by atoms with van der Waals surface area (Å²) in [6.45, 7) is 0.396. The summed E-state index contributed by atoms with van der Waals surface area (Å²) < 4.78 is 14.3. The zero-order chi connectivity index (χ0) is 24.2. The third-order valence-electron chi connectivity index (χ3n) is 6.06. The molecule has 1 saturated carbocycles. The van der Waals surface area contributed by atoms with Gasteiger partial charge in [-0.1, -0.05) is 0 Å². The van der Waals surface area contributed by atoms with E-state index in [0.29, 0.717) is 34.8 Å². The van der Waals surface area contributed by atoms with Gasteiger partial charge in [-0.2, -0.15) is 11.3 Å². The molecule has 4 N–H and O–H groups in total. The van der Waals surface area contributed by atoms with Gasteiger partial charge in [0.15, 0.2) is 6.23 Å². The fraction of sp³-hybridized carbons (Fsp3) is 0.333. The van der Waals surface area contributed by atoms with Gasteiger partial charge in [0.25, 0.3) is 5.24 Å². The maximum Gasteiger partial charge on any atom is 0.285 e. The molecule has 1 amide bonds. The topological polar surface area (TPSA) is 112 Å². The fourth-order valence-electron chi connectivity index (χ4n) is 4.20. The van der Waals surface area contributed by atoms with Crippen LogP contribution in [-0.4, -0.2) is 43.6 Å². The minimum absolute atomic E-state index is 0.238. The third-order valence-corrected chi connectivity index (χ3v) is 7.62. The highest BCUT2D eigenvalue weighted by molar-refractivity contribution is 8.17. The predicted octanol–water partition coefficient (Wildman–Crippen LogP) is 4.37. The lowest BCUT2D eigenvalue weighted by Crippen LogP contribution is -2.37. The molecular weight excluding hydrogens is 487 g/mol. The summed E-state index contributed by atoms with van der Waals surface area (Å²) in [5, 5.41) is 22.9. The summed E-state index contributed by atoms with van der Waals surface area (Å²) in [5.74, 6) is 0.228. The van der Waals surface area contributed by atoms with Gasteiger partial charge < -0.3 is 21.1 Å². The number of rotatable bonds is 7. The number of carbonyl (C=O) groups is 1. The summed E-state index contributed by atoms with van der Waals surface area (Å²) in [6.07, 6.45) is 6.11. The van der Waals surface area contributed by atoms with Crippen LogP contribution in [0.3, 0.4) is 0 Å². The van der Waals surface area contributed by atoms with Crippen LogP contribution in [0.5, 0.6) is 0 Å². The molecule has 182 valence electrons. The fourth-order valence-corrected chi connectivity index (χ4v) is 5.58. The Hall–Kier alpha value is -2.86. The first-order valence-electron chi connectivity index (χ1n) is 11.4. The van der Waals surface area contributed by atoms with E-state index in [1.807, 2.05) is 16.8 Å². The molecule has 2 aliphatic rings. The molecule has 3 aromatic rings. The average molecular weight is 513 g/mol. The summed E-state index contributed by atoms with van der Waals surface area (Å²) in [6, 6.07) is 7.46. The van der Waals surface area contributed by atoms with E-state index in [1.165, 1.54) is 6.07 Å². The Kier molecular flexibility index (Phi) is 7.37. The molecule has 35 heavy (non-hydrogen) atoms. The number of anilines is 1. The van der Waals surface area contributed by atoms with E-state index in [2.05, 4.69) is 30.9 Å². The van der Waals surface area contributed by atoms with Crippen molar-refractivity contribution in [1.29, 1.82) is 0 Å². The molecule has 5 rings (SSSR count). The molecule has 11 heteroatoms. The van der Waals surface area contributed by atoms with Crippen molar-refractivity contribution in [3.8, 4) is 11.3 Å². The average Bonchev–Trinajstić information content (AvgIpc) is 3.49. The third kappa shape index (κ3) is 6.04. The van der Waals surface area contributed by atoms with Crippen molar-refractivity contribution in [2.45, 2.75) is 50.5 Å². The molecule has 1 atom stereocenters. The number of thiophene rings is 1. The normalized spacial score (nSPS) is 23.4. The lowest BCUT2D eigenvalue weighted by atomic mass is 9.91. The summed E-state index contributed by atoms with van der Waals surface area (Å²) >= 11 is 2.56. The van der Waals surface area contributed by atoms with Crippen LogP contribution in [0.4, 0.5) is 15.1 Å². The Bertz CT molecular complexity index is 1210. The van der Waals surface area contributed by atoms with Crippen molar-refractivity contribution in [2.75, 3.05) is 5.32 Å². The SMILES string of the molecule is O=C1NC(O)/C(=C/c2ccnc(NC3CCC(NCc4nc(-c5ccsc5)ccc4F)CC3)n2)S1. The van der Waals surface area contributed by atoms with Gasteiger partial charge in [0.1, 0.15) is 5.82 Å². The number of aromatic nitrogens is 3. The maximum atomic E-state index is 14.3. The van der Waals surface area contributed by atoms with E-state index in [4.69, 9.17) is 0 Å². The number of thioether (sulfide) groups is 1. The minimum Gasteiger partial charge on any atom is -0.369 e. The molecule has 1 saturated heterocycles. The first-order valence-corrected chi connectivity index (χ1v) is 13.2. The molecular formula is C24H25FN6O2S2. The van der Waals surface area contributed by atoms with Gasteiger partial charge in [-0.3, -0.25) is 4.79 Å². The molecule has 1 unspecified atom stereocenters. The number of nitrogens with one attached hydrogen (secondary N) is 3. The van der Waals surface area contributed by atoms with Gasteiger partial charge in [-0.15, -0.1) is 0 Å². The van der Waals surface area contributed by atoms with Crippen LogP contribution in [0.15, 0.2) is 46.1 Å². The number of aliphatic hydroxyl groups is 1. The van der Waals surface area contributed by atoms with Crippen LogP contribution in [0.1, 0.15) is 37.1 Å². The number of hydrogen-bond donors (Lipinski definition) is 4. The van der Waals surface area contributed by atoms with Crippen LogP contribution in [0, 0.1) is 5.82 Å². The van der Waals surface area contributed by atoms with E-state index < -0.39 is 6.23 Å². The standard InChI is InChI=1S/C24H25FN6O2S2/c25-18-5-6-19(14-8-10-34-13-14)30-20(18)12-27-15-1-3-16(4-2-15)28-23-26-9-7-17(29-23)11-21-22(32)31-24(33)35-21/h5-11,13,15-16,22,27,32H,1-4,12H2,(H,31,33)(H,26,28,29)/b21-11-. The van der Waals surface area contributed by atoms with Gasteiger partial charge in [-0.25, -0.2) is 19.3 Å². The smallest absolute Gasteiger partial charge is 0.285 e. The van der Waals surface area contributed by atoms with E-state index >= 15 is 0 Å². The number of amides is 1. The number of halogens is 1. The Balaban J connectivity index is 1.12. The predicted molar refractivity (Wildman–Crippen MR) is 136 cm³/mol. The van der Waals surface area contributed by atoms with Gasteiger partial charge in [-0.05, 0) is 73.2 Å². The van der Waals surface area contributed by atoms with Gasteiger partial charge >= 0.3 is 0 Å². The molecule has 0 radical (unpaired) electrons. The lowest BCUT2D eigenvalue weighted by molar-refractivity contribution is 0.192. The quantitative estimate of drug-likeness (QED) is 0.369. The van der Waals surface area contributed by atoms with E-state index in [-0.39, 0.29) is 17.1 Å². The Morgan fingerprint density at radius 1 is 1.14 bits per heavy atom. The number of pyridine rings is 1. The van der Waals surface area contributed by atoms with Crippen molar-refractivity contribution < 1.29 is 14.3 Å². The van der Waals surface area contributed by atoms with Crippen molar-refractivity contribution in [1.82, 2.24) is 25.6 Å². The first-order chi connectivity index (χ1) is 17.0. The highest BCUT2D eigenvalue weighted by atomic mass is 32.2. The van der Waals surface area contributed by atoms with Crippen LogP contribution < -0.4 is 16.0 Å². The summed E-state index contributed by atoms with van der Waals surface area (Å²) in [4.78, 5) is 25.2. The molecule has 0 aromatic carbocycles. The molecule has 1 aliphatic carbocycles. The number of hydrogen-bond acceptors (Lipinski definition) is 9. The maximum absolute atomic E-state index is 14.3. The molecule has 4 heterocycles. The minimum atomic E-state index is -0.997. The number of carbonyl (C=O) groups excluding carboxylic acids is 1. The first kappa shape index (κ1) is 23.9. The largest absolute Gasteiger partial charge is 0.369 e. The molecule has 2 fully saturated rings. The Labute approximate surface area is 210 Å². The van der Waals surface area contributed by atoms with Crippen molar-refractivity contribution in [3.05, 3.63) is 63.3 Å². The number of aliphatic hydroxyl groups excluding tert-OH is 1. The highest BCUT2D eigenvalue weighted by Gasteiger charge is 2.26. The molecule has 3 aromatic heterocycles. The molecule has 0 spiro atoms. The molecule has 8 nitrogen and oxygen atoms in total. The number of nitrogens with zero attached hydrogens (tertiary/aromatic N) is 3. The monoisotopic (exact) mass is 512 g/mol. The second-order valence-corrected chi connectivity index (χ2v) is 10.3. The van der Waals surface area contributed by atoms with Crippen LogP contribution in [-0.2, 0) is 6.54 Å². The van der Waals surface area contributed by atoms with Gasteiger partial charge in [0, 0.05) is 40.7 Å². The Morgan fingerprint density at radius 3 is 2.71 bits per heavy atom. The van der Waals surface area contributed by atoms with Crippen LogP contribution in [0.2, 0.25) is 0 Å². The van der Waals surface area contributed by atoms with Crippen LogP contribution in [0.25, 0.3) is 17.3 Å². The van der Waals surface area contributed by atoms with Crippen LogP contribution >= 0.6 is 23.1 Å². The van der Waals surface area contributed by atoms with Gasteiger partial charge in [0.2, 0.25) is 5.95 Å². The van der Waals surface area contributed by atoms with Crippen molar-refractivity contribution in [2.24, 2.45) is 0 Å². The van der Waals surface area contributed by atoms with E-state index in [9.17, 15) is 14.3 Å². The van der Waals surface area contributed by atoms with E-state index in [1.54, 1.807) is 35.7 Å². The van der Waals surface area contributed by atoms with Crippen molar-refractivity contribution >= 4 is 40.4 Å².